The minimum Gasteiger partial charge on any atom is -0.480 e. The zero-order valence-corrected chi connectivity index (χ0v) is 14.3. The highest BCUT2D eigenvalue weighted by atomic mass is 19.3. The summed E-state index contributed by atoms with van der Waals surface area (Å²) in [7, 11) is 0. The SMILES string of the molecule is CC(C)(C)C(=O)NCc1ccc(C(=O)NC(CC(F)F)C(=O)O)cc1. The Labute approximate surface area is 144 Å². The second-order valence-corrected chi connectivity index (χ2v) is 6.62. The van der Waals surface area contributed by atoms with Crippen LogP contribution in [0.3, 0.4) is 0 Å². The summed E-state index contributed by atoms with van der Waals surface area (Å²) in [5, 5.41) is 13.7. The van der Waals surface area contributed by atoms with Gasteiger partial charge in [-0.2, -0.15) is 0 Å². The van der Waals surface area contributed by atoms with E-state index < -0.39 is 36.2 Å². The molecule has 6 nitrogen and oxygen atoms in total. The fourth-order valence-corrected chi connectivity index (χ4v) is 1.86. The predicted octanol–water partition coefficient (Wildman–Crippen LogP) is 2.19. The van der Waals surface area contributed by atoms with Gasteiger partial charge in [0, 0.05) is 23.9 Å². The smallest absolute Gasteiger partial charge is 0.326 e. The molecule has 1 aromatic carbocycles. The van der Waals surface area contributed by atoms with Crippen LogP contribution in [0.25, 0.3) is 0 Å². The van der Waals surface area contributed by atoms with Gasteiger partial charge < -0.3 is 15.7 Å². The number of carbonyl (C=O) groups excluding carboxylic acids is 2. The zero-order chi connectivity index (χ0) is 19.2. The van der Waals surface area contributed by atoms with Crippen LogP contribution in [-0.2, 0) is 16.1 Å². The van der Waals surface area contributed by atoms with Gasteiger partial charge in [-0.05, 0) is 17.7 Å². The number of alkyl halides is 2. The van der Waals surface area contributed by atoms with Crippen molar-refractivity contribution in [3.05, 3.63) is 35.4 Å². The van der Waals surface area contributed by atoms with Gasteiger partial charge in [0.05, 0.1) is 0 Å². The van der Waals surface area contributed by atoms with Gasteiger partial charge in [-0.25, -0.2) is 13.6 Å². The Balaban J connectivity index is 2.67. The molecule has 0 aliphatic rings. The van der Waals surface area contributed by atoms with E-state index in [0.29, 0.717) is 0 Å². The summed E-state index contributed by atoms with van der Waals surface area (Å²) < 4.78 is 24.7. The molecule has 0 saturated carbocycles. The third kappa shape index (κ3) is 6.86. The lowest BCUT2D eigenvalue weighted by molar-refractivity contribution is -0.140. The van der Waals surface area contributed by atoms with Crippen LogP contribution in [0.1, 0.15) is 43.1 Å². The summed E-state index contributed by atoms with van der Waals surface area (Å²) in [5.41, 5.74) is 0.374. The molecule has 0 bridgehead atoms. The number of hydrogen-bond acceptors (Lipinski definition) is 3. The molecular formula is C17H22F2N2O4. The highest BCUT2D eigenvalue weighted by molar-refractivity contribution is 5.96. The molecule has 0 fully saturated rings. The lowest BCUT2D eigenvalue weighted by Gasteiger charge is -2.17. The molecule has 3 N–H and O–H groups in total. The number of amides is 2. The van der Waals surface area contributed by atoms with Crippen molar-refractivity contribution in [1.29, 1.82) is 0 Å². The normalized spacial score (nSPS) is 12.6. The van der Waals surface area contributed by atoms with E-state index in [9.17, 15) is 23.2 Å². The molecule has 8 heteroatoms. The van der Waals surface area contributed by atoms with Gasteiger partial charge in [0.25, 0.3) is 5.91 Å². The van der Waals surface area contributed by atoms with Crippen LogP contribution in [0.5, 0.6) is 0 Å². The fourth-order valence-electron chi connectivity index (χ4n) is 1.86. The monoisotopic (exact) mass is 356 g/mol. The highest BCUT2D eigenvalue weighted by Crippen LogP contribution is 2.13. The average Bonchev–Trinajstić information content (AvgIpc) is 2.50. The summed E-state index contributed by atoms with van der Waals surface area (Å²) in [5.74, 6) is -2.39. The van der Waals surface area contributed by atoms with Crippen molar-refractivity contribution >= 4 is 17.8 Å². The summed E-state index contributed by atoms with van der Waals surface area (Å²) in [4.78, 5) is 34.7. The minimum atomic E-state index is -2.84. The second kappa shape index (κ2) is 8.55. The zero-order valence-electron chi connectivity index (χ0n) is 14.3. The topological polar surface area (TPSA) is 95.5 Å². The molecule has 2 amide bonds. The first-order valence-corrected chi connectivity index (χ1v) is 7.69. The van der Waals surface area contributed by atoms with E-state index in [2.05, 4.69) is 10.6 Å². The number of halogens is 2. The van der Waals surface area contributed by atoms with Gasteiger partial charge in [0.15, 0.2) is 0 Å². The quantitative estimate of drug-likeness (QED) is 0.698. The Morgan fingerprint density at radius 3 is 2.12 bits per heavy atom. The van der Waals surface area contributed by atoms with E-state index in [-0.39, 0.29) is 18.0 Å². The Kier molecular flexibility index (Phi) is 7.02. The van der Waals surface area contributed by atoms with Crippen molar-refractivity contribution in [2.45, 2.75) is 46.2 Å². The molecule has 0 heterocycles. The molecular weight excluding hydrogens is 334 g/mol. The standard InChI is InChI=1S/C17H22F2N2O4/c1-17(2,3)16(25)20-9-10-4-6-11(7-5-10)14(22)21-12(15(23)24)8-13(18)19/h4-7,12-13H,8-9H2,1-3H3,(H,20,25)(H,21,22)(H,23,24). The molecule has 25 heavy (non-hydrogen) atoms. The number of nitrogens with one attached hydrogen (secondary N) is 2. The van der Waals surface area contributed by atoms with Crippen molar-refractivity contribution < 1.29 is 28.3 Å². The van der Waals surface area contributed by atoms with Crippen molar-refractivity contribution in [3.8, 4) is 0 Å². The largest absolute Gasteiger partial charge is 0.480 e. The number of carbonyl (C=O) groups is 3. The molecule has 0 aromatic heterocycles. The predicted molar refractivity (Wildman–Crippen MR) is 87.3 cm³/mol. The maximum Gasteiger partial charge on any atom is 0.326 e. The van der Waals surface area contributed by atoms with E-state index in [4.69, 9.17) is 5.11 Å². The van der Waals surface area contributed by atoms with Gasteiger partial charge in [-0.3, -0.25) is 9.59 Å². The van der Waals surface area contributed by atoms with Crippen LogP contribution in [0.15, 0.2) is 24.3 Å². The molecule has 138 valence electrons. The number of benzene rings is 1. The minimum absolute atomic E-state index is 0.120. The molecule has 0 aliphatic carbocycles. The third-order valence-electron chi connectivity index (χ3n) is 3.37. The number of carboxylic acid groups (broad SMARTS) is 1. The molecule has 0 spiro atoms. The van der Waals surface area contributed by atoms with Gasteiger partial charge in [0.1, 0.15) is 6.04 Å². The Bertz CT molecular complexity index is 625. The lowest BCUT2D eigenvalue weighted by atomic mass is 9.95. The fraction of sp³-hybridized carbons (Fsp3) is 0.471. The molecule has 0 aliphatic heterocycles. The first-order valence-electron chi connectivity index (χ1n) is 7.69. The molecule has 1 atom stereocenters. The Hall–Kier alpha value is -2.51. The number of carboxylic acids is 1. The summed E-state index contributed by atoms with van der Waals surface area (Å²) in [6, 6.07) is 4.42. The molecule has 1 aromatic rings. The van der Waals surface area contributed by atoms with Crippen LogP contribution in [-0.4, -0.2) is 35.4 Å². The van der Waals surface area contributed by atoms with Gasteiger partial charge >= 0.3 is 5.97 Å². The first kappa shape index (κ1) is 20.5. The van der Waals surface area contributed by atoms with Crippen LogP contribution in [0, 0.1) is 5.41 Å². The van der Waals surface area contributed by atoms with Crippen LogP contribution < -0.4 is 10.6 Å². The van der Waals surface area contributed by atoms with Crippen molar-refractivity contribution in [2.75, 3.05) is 0 Å². The number of hydrogen-bond donors (Lipinski definition) is 3. The highest BCUT2D eigenvalue weighted by Gasteiger charge is 2.24. The molecule has 1 unspecified atom stereocenters. The summed E-state index contributed by atoms with van der Waals surface area (Å²) >= 11 is 0. The average molecular weight is 356 g/mol. The van der Waals surface area contributed by atoms with E-state index in [1.807, 2.05) is 0 Å². The summed E-state index contributed by atoms with van der Waals surface area (Å²) in [6.45, 7) is 5.64. The van der Waals surface area contributed by atoms with E-state index in [1.54, 1.807) is 32.9 Å². The maximum atomic E-state index is 12.3. The van der Waals surface area contributed by atoms with Gasteiger partial charge in [-0.1, -0.05) is 32.9 Å². The molecule has 1 rings (SSSR count). The van der Waals surface area contributed by atoms with Gasteiger partial charge in [0.2, 0.25) is 12.3 Å². The van der Waals surface area contributed by atoms with Crippen molar-refractivity contribution in [3.63, 3.8) is 0 Å². The second-order valence-electron chi connectivity index (χ2n) is 6.62. The first-order chi connectivity index (χ1) is 11.5. The van der Waals surface area contributed by atoms with E-state index in [1.165, 1.54) is 12.1 Å². The summed E-state index contributed by atoms with van der Waals surface area (Å²) in [6.07, 6.45) is -3.80. The number of rotatable bonds is 7. The van der Waals surface area contributed by atoms with Crippen LogP contribution in [0.2, 0.25) is 0 Å². The van der Waals surface area contributed by atoms with Crippen LogP contribution >= 0.6 is 0 Å². The van der Waals surface area contributed by atoms with E-state index in [0.717, 1.165) is 5.56 Å². The molecule has 0 saturated heterocycles. The van der Waals surface area contributed by atoms with Crippen molar-refractivity contribution in [1.82, 2.24) is 10.6 Å². The maximum absolute atomic E-state index is 12.3. The third-order valence-corrected chi connectivity index (χ3v) is 3.37. The number of aliphatic carboxylic acids is 1. The van der Waals surface area contributed by atoms with Crippen LogP contribution in [0.4, 0.5) is 8.78 Å². The van der Waals surface area contributed by atoms with Crippen molar-refractivity contribution in [2.24, 2.45) is 5.41 Å². The lowest BCUT2D eigenvalue weighted by Crippen LogP contribution is -2.42. The van der Waals surface area contributed by atoms with Gasteiger partial charge in [-0.15, -0.1) is 0 Å². The van der Waals surface area contributed by atoms with E-state index >= 15 is 0 Å². The Morgan fingerprint density at radius 1 is 1.12 bits per heavy atom. The Morgan fingerprint density at radius 2 is 1.68 bits per heavy atom. The molecule has 0 radical (unpaired) electrons.